The van der Waals surface area contributed by atoms with Gasteiger partial charge in [-0.1, -0.05) is 30.3 Å². The molecule has 24 heavy (non-hydrogen) atoms. The van der Waals surface area contributed by atoms with Crippen LogP contribution in [0.2, 0.25) is 0 Å². The minimum absolute atomic E-state index is 0.336. The zero-order valence-corrected chi connectivity index (χ0v) is 14.4. The topological polar surface area (TPSA) is 75.7 Å². The van der Waals surface area contributed by atoms with E-state index < -0.39 is 15.9 Å². The molecule has 0 saturated carbocycles. The van der Waals surface area contributed by atoms with E-state index in [-0.39, 0.29) is 6.54 Å². The third-order valence-corrected chi connectivity index (χ3v) is 4.31. The van der Waals surface area contributed by atoms with Crippen LogP contribution in [0.25, 0.3) is 0 Å². The van der Waals surface area contributed by atoms with Crippen LogP contribution in [0.1, 0.15) is 6.92 Å². The van der Waals surface area contributed by atoms with Gasteiger partial charge in [0, 0.05) is 5.69 Å². The predicted octanol–water partition coefficient (Wildman–Crippen LogP) is 2.49. The van der Waals surface area contributed by atoms with E-state index in [1.165, 1.54) is 0 Å². The number of benzene rings is 2. The molecule has 2 aromatic carbocycles. The first-order valence-electron chi connectivity index (χ1n) is 7.46. The molecule has 1 amide bonds. The lowest BCUT2D eigenvalue weighted by molar-refractivity contribution is -0.114. The van der Waals surface area contributed by atoms with E-state index in [2.05, 4.69) is 5.32 Å². The zero-order chi connectivity index (χ0) is 17.6. The summed E-state index contributed by atoms with van der Waals surface area (Å²) in [6, 6.07) is 15.6. The maximum Gasteiger partial charge on any atom is 0.245 e. The number of amides is 1. The molecule has 0 unspecified atom stereocenters. The number of anilines is 2. The Morgan fingerprint density at radius 1 is 1.08 bits per heavy atom. The Kier molecular flexibility index (Phi) is 5.81. The van der Waals surface area contributed by atoms with Crippen molar-refractivity contribution in [2.75, 3.05) is 29.0 Å². The molecular formula is C17H20N2O4S. The number of carbonyl (C=O) groups is 1. The second kappa shape index (κ2) is 7.83. The van der Waals surface area contributed by atoms with Crippen LogP contribution in [0.15, 0.2) is 54.6 Å². The Bertz CT molecular complexity index is 791. The van der Waals surface area contributed by atoms with Crippen LogP contribution in [0, 0.1) is 0 Å². The van der Waals surface area contributed by atoms with E-state index in [4.69, 9.17) is 4.74 Å². The number of sulfonamides is 1. The average molecular weight is 348 g/mol. The second-order valence-electron chi connectivity index (χ2n) is 5.08. The van der Waals surface area contributed by atoms with E-state index >= 15 is 0 Å². The Labute approximate surface area is 142 Å². The third-order valence-electron chi connectivity index (χ3n) is 3.18. The first kappa shape index (κ1) is 17.8. The van der Waals surface area contributed by atoms with Crippen molar-refractivity contribution in [1.82, 2.24) is 0 Å². The molecule has 1 N–H and O–H groups in total. The van der Waals surface area contributed by atoms with Gasteiger partial charge in [0.25, 0.3) is 0 Å². The molecule has 0 radical (unpaired) electrons. The van der Waals surface area contributed by atoms with Crippen LogP contribution in [-0.4, -0.2) is 33.7 Å². The number of rotatable bonds is 7. The fraction of sp³-hybridized carbons (Fsp3) is 0.235. The highest BCUT2D eigenvalue weighted by Crippen LogP contribution is 2.29. The molecule has 0 atom stereocenters. The maximum absolute atomic E-state index is 12.3. The number of carbonyl (C=O) groups excluding carboxylic acids is 1. The second-order valence-corrected chi connectivity index (χ2v) is 6.99. The lowest BCUT2D eigenvalue weighted by atomic mass is 10.3. The first-order valence-corrected chi connectivity index (χ1v) is 9.31. The Balaban J connectivity index is 2.26. The molecule has 0 spiro atoms. The molecule has 0 bridgehead atoms. The molecular weight excluding hydrogens is 328 g/mol. The van der Waals surface area contributed by atoms with Crippen LogP contribution < -0.4 is 14.4 Å². The van der Waals surface area contributed by atoms with E-state index in [0.717, 1.165) is 10.6 Å². The largest absolute Gasteiger partial charge is 0.492 e. The van der Waals surface area contributed by atoms with Gasteiger partial charge in [-0.3, -0.25) is 9.10 Å². The molecule has 0 aromatic heterocycles. The normalized spacial score (nSPS) is 10.9. The smallest absolute Gasteiger partial charge is 0.245 e. The number of hydrogen-bond acceptors (Lipinski definition) is 4. The fourth-order valence-corrected chi connectivity index (χ4v) is 3.03. The molecule has 7 heteroatoms. The molecule has 2 aromatic rings. The number of nitrogens with one attached hydrogen (secondary N) is 1. The number of para-hydroxylation sites is 3. The van der Waals surface area contributed by atoms with Gasteiger partial charge in [-0.2, -0.15) is 0 Å². The molecule has 0 aliphatic carbocycles. The van der Waals surface area contributed by atoms with Crippen molar-refractivity contribution in [2.45, 2.75) is 6.92 Å². The van der Waals surface area contributed by atoms with Crippen LogP contribution >= 0.6 is 0 Å². The molecule has 0 aliphatic rings. The zero-order valence-electron chi connectivity index (χ0n) is 13.6. The van der Waals surface area contributed by atoms with Gasteiger partial charge >= 0.3 is 0 Å². The standard InChI is InChI=1S/C17H20N2O4S/c1-3-23-16-12-8-7-11-15(16)19(24(2,21)22)13-17(20)18-14-9-5-4-6-10-14/h4-12H,3,13H2,1-2H3,(H,18,20). The van der Waals surface area contributed by atoms with E-state index in [0.29, 0.717) is 23.7 Å². The van der Waals surface area contributed by atoms with E-state index in [1.54, 1.807) is 48.5 Å². The van der Waals surface area contributed by atoms with Crippen LogP contribution in [0.3, 0.4) is 0 Å². The van der Waals surface area contributed by atoms with Gasteiger partial charge < -0.3 is 10.1 Å². The highest BCUT2D eigenvalue weighted by Gasteiger charge is 2.23. The van der Waals surface area contributed by atoms with Crippen LogP contribution in [0.4, 0.5) is 11.4 Å². The molecule has 0 fully saturated rings. The summed E-state index contributed by atoms with van der Waals surface area (Å²) in [5.41, 5.74) is 0.944. The fourth-order valence-electron chi connectivity index (χ4n) is 2.17. The lowest BCUT2D eigenvalue weighted by Crippen LogP contribution is -2.37. The molecule has 6 nitrogen and oxygen atoms in total. The monoisotopic (exact) mass is 348 g/mol. The molecule has 2 rings (SSSR count). The van der Waals surface area contributed by atoms with Crippen molar-refractivity contribution >= 4 is 27.3 Å². The summed E-state index contributed by atoms with van der Waals surface area (Å²) < 4.78 is 30.8. The third kappa shape index (κ3) is 4.73. The van der Waals surface area contributed by atoms with Gasteiger partial charge in [0.1, 0.15) is 12.3 Å². The van der Waals surface area contributed by atoms with Gasteiger partial charge in [-0.25, -0.2) is 8.42 Å². The minimum Gasteiger partial charge on any atom is -0.492 e. The van der Waals surface area contributed by atoms with Gasteiger partial charge in [-0.05, 0) is 31.2 Å². The van der Waals surface area contributed by atoms with Crippen molar-refractivity contribution in [2.24, 2.45) is 0 Å². The van der Waals surface area contributed by atoms with Crippen molar-refractivity contribution in [1.29, 1.82) is 0 Å². The summed E-state index contributed by atoms with van der Waals surface area (Å²) >= 11 is 0. The first-order chi connectivity index (χ1) is 11.4. The van der Waals surface area contributed by atoms with Crippen LogP contribution in [-0.2, 0) is 14.8 Å². The van der Waals surface area contributed by atoms with Crippen LogP contribution in [0.5, 0.6) is 5.75 Å². The Morgan fingerprint density at radius 2 is 1.71 bits per heavy atom. The lowest BCUT2D eigenvalue weighted by Gasteiger charge is -2.24. The van der Waals surface area contributed by atoms with Crippen molar-refractivity contribution < 1.29 is 17.9 Å². The summed E-state index contributed by atoms with van der Waals surface area (Å²) in [7, 11) is -3.65. The molecule has 0 aliphatic heterocycles. The molecule has 128 valence electrons. The van der Waals surface area contributed by atoms with Gasteiger partial charge in [0.05, 0.1) is 18.6 Å². The molecule has 0 saturated heterocycles. The quantitative estimate of drug-likeness (QED) is 0.834. The van der Waals surface area contributed by atoms with Crippen molar-refractivity contribution in [3.63, 3.8) is 0 Å². The summed E-state index contributed by atoms with van der Waals surface area (Å²) in [5.74, 6) is -0.0177. The summed E-state index contributed by atoms with van der Waals surface area (Å²) in [6.45, 7) is 1.87. The van der Waals surface area contributed by atoms with Gasteiger partial charge in [-0.15, -0.1) is 0 Å². The highest BCUT2D eigenvalue weighted by atomic mass is 32.2. The summed E-state index contributed by atoms with van der Waals surface area (Å²) in [6.07, 6.45) is 1.06. The van der Waals surface area contributed by atoms with Crippen molar-refractivity contribution in [3.8, 4) is 5.75 Å². The SMILES string of the molecule is CCOc1ccccc1N(CC(=O)Nc1ccccc1)S(C)(=O)=O. The number of hydrogen-bond donors (Lipinski definition) is 1. The number of nitrogens with zero attached hydrogens (tertiary/aromatic N) is 1. The van der Waals surface area contributed by atoms with Crippen molar-refractivity contribution in [3.05, 3.63) is 54.6 Å². The summed E-state index contributed by atoms with van der Waals surface area (Å²) in [5, 5.41) is 2.68. The number of ether oxygens (including phenoxy) is 1. The van der Waals surface area contributed by atoms with E-state index in [1.807, 2.05) is 13.0 Å². The highest BCUT2D eigenvalue weighted by molar-refractivity contribution is 7.92. The average Bonchev–Trinajstić information content (AvgIpc) is 2.54. The Hall–Kier alpha value is -2.54. The predicted molar refractivity (Wildman–Crippen MR) is 94.9 cm³/mol. The van der Waals surface area contributed by atoms with Gasteiger partial charge in [0.15, 0.2) is 0 Å². The van der Waals surface area contributed by atoms with Gasteiger partial charge in [0.2, 0.25) is 15.9 Å². The Morgan fingerprint density at radius 3 is 2.33 bits per heavy atom. The molecule has 0 heterocycles. The maximum atomic E-state index is 12.3. The van der Waals surface area contributed by atoms with E-state index in [9.17, 15) is 13.2 Å². The summed E-state index contributed by atoms with van der Waals surface area (Å²) in [4.78, 5) is 12.3. The minimum atomic E-state index is -3.65.